The molecule has 1 saturated heterocycles. The van der Waals surface area contributed by atoms with Gasteiger partial charge in [-0.1, -0.05) is 12.8 Å². The van der Waals surface area contributed by atoms with Crippen molar-refractivity contribution in [2.24, 2.45) is 0 Å². The molecule has 1 aliphatic heterocycles. The summed E-state index contributed by atoms with van der Waals surface area (Å²) in [6, 6.07) is 3.67. The van der Waals surface area contributed by atoms with Gasteiger partial charge >= 0.3 is 0 Å². The van der Waals surface area contributed by atoms with Gasteiger partial charge in [-0.05, 0) is 25.0 Å². The largest absolute Gasteiger partial charge is 0.342 e. The van der Waals surface area contributed by atoms with Crippen LogP contribution in [0.2, 0.25) is 0 Å². The SMILES string of the molecule is O=C1CCN(c2cccnc2)C(=O)C2(CCCC2)N1. The van der Waals surface area contributed by atoms with Gasteiger partial charge in [0.25, 0.3) is 5.91 Å². The van der Waals surface area contributed by atoms with Crippen molar-refractivity contribution in [1.82, 2.24) is 10.3 Å². The van der Waals surface area contributed by atoms with Gasteiger partial charge in [0.2, 0.25) is 5.91 Å². The van der Waals surface area contributed by atoms with E-state index in [1.165, 1.54) is 0 Å². The Morgan fingerprint density at radius 3 is 2.74 bits per heavy atom. The molecule has 1 aromatic rings. The Hall–Kier alpha value is -1.91. The highest BCUT2D eigenvalue weighted by atomic mass is 16.2. The second kappa shape index (κ2) is 4.64. The lowest BCUT2D eigenvalue weighted by Crippen LogP contribution is -2.55. The predicted molar refractivity (Wildman–Crippen MR) is 70.5 cm³/mol. The zero-order valence-corrected chi connectivity index (χ0v) is 10.8. The standard InChI is InChI=1S/C14H17N3O2/c18-12-5-9-17(11-4-3-8-15-10-11)13(19)14(16-12)6-1-2-7-14/h3-4,8,10H,1-2,5-7,9H2,(H,16,18). The van der Waals surface area contributed by atoms with Crippen molar-refractivity contribution in [2.75, 3.05) is 11.4 Å². The smallest absolute Gasteiger partial charge is 0.252 e. The molecule has 0 bridgehead atoms. The van der Waals surface area contributed by atoms with Gasteiger partial charge in [0.1, 0.15) is 5.54 Å². The Kier molecular flexibility index (Phi) is 2.97. The molecule has 5 nitrogen and oxygen atoms in total. The molecule has 0 unspecified atom stereocenters. The Balaban J connectivity index is 1.96. The van der Waals surface area contributed by atoms with Crippen LogP contribution < -0.4 is 10.2 Å². The zero-order chi connectivity index (χ0) is 13.3. The van der Waals surface area contributed by atoms with Crippen molar-refractivity contribution >= 4 is 17.5 Å². The maximum Gasteiger partial charge on any atom is 0.252 e. The molecule has 1 aliphatic carbocycles. The second-order valence-corrected chi connectivity index (χ2v) is 5.26. The molecule has 1 N–H and O–H groups in total. The van der Waals surface area contributed by atoms with Crippen molar-refractivity contribution in [1.29, 1.82) is 0 Å². The maximum atomic E-state index is 12.8. The number of amides is 2. The summed E-state index contributed by atoms with van der Waals surface area (Å²) in [5, 5.41) is 2.95. The van der Waals surface area contributed by atoms with Crippen molar-refractivity contribution < 1.29 is 9.59 Å². The Labute approximate surface area is 112 Å². The van der Waals surface area contributed by atoms with Gasteiger partial charge in [-0.2, -0.15) is 0 Å². The molecule has 100 valence electrons. The second-order valence-electron chi connectivity index (χ2n) is 5.26. The van der Waals surface area contributed by atoms with Crippen LogP contribution in [-0.2, 0) is 9.59 Å². The number of pyridine rings is 1. The van der Waals surface area contributed by atoms with Gasteiger partial charge in [0.05, 0.1) is 11.9 Å². The Morgan fingerprint density at radius 1 is 1.26 bits per heavy atom. The molecule has 1 saturated carbocycles. The van der Waals surface area contributed by atoms with E-state index in [0.29, 0.717) is 13.0 Å². The summed E-state index contributed by atoms with van der Waals surface area (Å²) in [5.41, 5.74) is 0.0962. The maximum absolute atomic E-state index is 12.8. The van der Waals surface area contributed by atoms with Crippen LogP contribution >= 0.6 is 0 Å². The van der Waals surface area contributed by atoms with Gasteiger partial charge in [-0.3, -0.25) is 14.6 Å². The summed E-state index contributed by atoms with van der Waals surface area (Å²) in [5.74, 6) is -0.00881. The first-order valence-corrected chi connectivity index (χ1v) is 6.74. The van der Waals surface area contributed by atoms with E-state index < -0.39 is 5.54 Å². The first kappa shape index (κ1) is 12.1. The summed E-state index contributed by atoms with van der Waals surface area (Å²) >= 11 is 0. The Bertz CT molecular complexity index is 495. The fraction of sp³-hybridized carbons (Fsp3) is 0.500. The van der Waals surface area contributed by atoms with Crippen LogP contribution in [0.3, 0.4) is 0 Å². The zero-order valence-electron chi connectivity index (χ0n) is 10.8. The summed E-state index contributed by atoms with van der Waals surface area (Å²) < 4.78 is 0. The highest BCUT2D eigenvalue weighted by Crippen LogP contribution is 2.34. The number of carbonyl (C=O) groups excluding carboxylic acids is 2. The highest BCUT2D eigenvalue weighted by Gasteiger charge is 2.46. The first-order chi connectivity index (χ1) is 9.21. The van der Waals surface area contributed by atoms with E-state index >= 15 is 0 Å². The van der Waals surface area contributed by atoms with Crippen LogP contribution in [0, 0.1) is 0 Å². The topological polar surface area (TPSA) is 62.3 Å². The molecule has 5 heteroatoms. The fourth-order valence-corrected chi connectivity index (χ4v) is 3.03. The third-order valence-electron chi connectivity index (χ3n) is 4.01. The number of nitrogens with zero attached hydrogens (tertiary/aromatic N) is 2. The molecule has 2 amide bonds. The number of carbonyl (C=O) groups is 2. The third kappa shape index (κ3) is 2.09. The van der Waals surface area contributed by atoms with Crippen LogP contribution in [-0.4, -0.2) is 28.9 Å². The van der Waals surface area contributed by atoms with E-state index in [2.05, 4.69) is 10.3 Å². The molecule has 2 heterocycles. The van der Waals surface area contributed by atoms with Crippen LogP contribution in [0.25, 0.3) is 0 Å². The molecule has 2 fully saturated rings. The quantitative estimate of drug-likeness (QED) is 0.825. The lowest BCUT2D eigenvalue weighted by atomic mass is 9.95. The molecule has 0 aromatic carbocycles. The number of hydrogen-bond donors (Lipinski definition) is 1. The van der Waals surface area contributed by atoms with Crippen LogP contribution in [0.15, 0.2) is 24.5 Å². The molecule has 1 aromatic heterocycles. The van der Waals surface area contributed by atoms with E-state index in [1.54, 1.807) is 17.3 Å². The van der Waals surface area contributed by atoms with Crippen molar-refractivity contribution in [3.8, 4) is 0 Å². The minimum absolute atomic E-state index is 0.0175. The number of nitrogens with one attached hydrogen (secondary N) is 1. The van der Waals surface area contributed by atoms with E-state index in [9.17, 15) is 9.59 Å². The molecule has 1 spiro atoms. The molecule has 0 radical (unpaired) electrons. The van der Waals surface area contributed by atoms with Crippen LogP contribution in [0.1, 0.15) is 32.1 Å². The van der Waals surface area contributed by atoms with E-state index in [4.69, 9.17) is 0 Å². The lowest BCUT2D eigenvalue weighted by molar-refractivity contribution is -0.129. The van der Waals surface area contributed by atoms with Gasteiger partial charge in [-0.25, -0.2) is 0 Å². The normalized spacial score (nSPS) is 22.4. The molecule has 3 rings (SSSR count). The monoisotopic (exact) mass is 259 g/mol. The summed E-state index contributed by atoms with van der Waals surface area (Å²) in [6.07, 6.45) is 7.18. The summed E-state index contributed by atoms with van der Waals surface area (Å²) in [4.78, 5) is 30.4. The van der Waals surface area contributed by atoms with Gasteiger partial charge in [0, 0.05) is 19.2 Å². The van der Waals surface area contributed by atoms with Crippen molar-refractivity contribution in [3.05, 3.63) is 24.5 Å². The molecule has 19 heavy (non-hydrogen) atoms. The minimum atomic E-state index is -0.677. The Morgan fingerprint density at radius 2 is 2.05 bits per heavy atom. The summed E-state index contributed by atoms with van der Waals surface area (Å²) in [7, 11) is 0. The van der Waals surface area contributed by atoms with E-state index in [1.807, 2.05) is 12.1 Å². The fourth-order valence-electron chi connectivity index (χ4n) is 3.03. The average molecular weight is 259 g/mol. The van der Waals surface area contributed by atoms with E-state index in [0.717, 1.165) is 31.4 Å². The number of anilines is 1. The lowest BCUT2D eigenvalue weighted by Gasteiger charge is -2.31. The predicted octanol–water partition coefficient (Wildman–Crippen LogP) is 1.25. The third-order valence-corrected chi connectivity index (χ3v) is 4.01. The number of aromatic nitrogens is 1. The van der Waals surface area contributed by atoms with Gasteiger partial charge < -0.3 is 10.2 Å². The number of rotatable bonds is 1. The molecule has 0 atom stereocenters. The van der Waals surface area contributed by atoms with Crippen molar-refractivity contribution in [3.63, 3.8) is 0 Å². The first-order valence-electron chi connectivity index (χ1n) is 6.74. The minimum Gasteiger partial charge on any atom is -0.342 e. The van der Waals surface area contributed by atoms with Gasteiger partial charge in [-0.15, -0.1) is 0 Å². The highest BCUT2D eigenvalue weighted by molar-refractivity contribution is 6.04. The molecular weight excluding hydrogens is 242 g/mol. The molecule has 2 aliphatic rings. The van der Waals surface area contributed by atoms with Crippen molar-refractivity contribution in [2.45, 2.75) is 37.6 Å². The van der Waals surface area contributed by atoms with Gasteiger partial charge in [0.15, 0.2) is 0 Å². The molecular formula is C14H17N3O2. The summed E-state index contributed by atoms with van der Waals surface area (Å²) in [6.45, 7) is 0.429. The van der Waals surface area contributed by atoms with Crippen LogP contribution in [0.4, 0.5) is 5.69 Å². The number of hydrogen-bond acceptors (Lipinski definition) is 3. The van der Waals surface area contributed by atoms with Crippen LogP contribution in [0.5, 0.6) is 0 Å². The average Bonchev–Trinajstić information content (AvgIpc) is 2.85. The van der Waals surface area contributed by atoms with E-state index in [-0.39, 0.29) is 11.8 Å².